The van der Waals surface area contributed by atoms with E-state index in [1.807, 2.05) is 6.92 Å². The molecule has 1 unspecified atom stereocenters. The predicted octanol–water partition coefficient (Wildman–Crippen LogP) is 0.878. The highest BCUT2D eigenvalue weighted by molar-refractivity contribution is 7.91. The maximum atomic E-state index is 12.1. The van der Waals surface area contributed by atoms with Gasteiger partial charge in [0.15, 0.2) is 0 Å². The molecule has 0 radical (unpaired) electrons. The number of aromatic nitrogens is 1. The minimum absolute atomic E-state index is 0.116. The van der Waals surface area contributed by atoms with Gasteiger partial charge in [-0.05, 0) is 19.9 Å². The van der Waals surface area contributed by atoms with Crippen molar-refractivity contribution in [1.82, 2.24) is 9.71 Å². The van der Waals surface area contributed by atoms with Crippen LogP contribution in [0.4, 0.5) is 5.82 Å². The van der Waals surface area contributed by atoms with Gasteiger partial charge >= 0.3 is 0 Å². The molecule has 0 saturated heterocycles. The van der Waals surface area contributed by atoms with Crippen molar-refractivity contribution in [2.24, 2.45) is 0 Å². The summed E-state index contributed by atoms with van der Waals surface area (Å²) < 4.78 is 48.8. The normalized spacial score (nSPS) is 13.9. The Bertz CT molecular complexity index is 704. The van der Waals surface area contributed by atoms with E-state index in [1.165, 1.54) is 19.2 Å². The SMILES string of the molecule is CCNc1ncc(S(=O)(=O)NC(C)CS(C)(=O)=O)cc1Cl. The first-order chi connectivity index (χ1) is 9.55. The molecule has 21 heavy (non-hydrogen) atoms. The topological polar surface area (TPSA) is 105 Å². The van der Waals surface area contributed by atoms with Crippen molar-refractivity contribution >= 4 is 37.3 Å². The molecule has 0 spiro atoms. The fourth-order valence-electron chi connectivity index (χ4n) is 1.69. The quantitative estimate of drug-likeness (QED) is 0.752. The second-order valence-electron chi connectivity index (χ2n) is 4.65. The first-order valence-corrected chi connectivity index (χ1v) is 10.1. The number of rotatable bonds is 7. The van der Waals surface area contributed by atoms with Crippen molar-refractivity contribution < 1.29 is 16.8 Å². The second kappa shape index (κ2) is 6.91. The lowest BCUT2D eigenvalue weighted by Crippen LogP contribution is -2.37. The Balaban J connectivity index is 2.95. The summed E-state index contributed by atoms with van der Waals surface area (Å²) in [5.41, 5.74) is 0. The minimum Gasteiger partial charge on any atom is -0.369 e. The Kier molecular flexibility index (Phi) is 5.97. The molecular weight excluding hydrogens is 338 g/mol. The van der Waals surface area contributed by atoms with Gasteiger partial charge in [0.2, 0.25) is 10.0 Å². The van der Waals surface area contributed by atoms with Gasteiger partial charge in [0.25, 0.3) is 0 Å². The lowest BCUT2D eigenvalue weighted by molar-refractivity contribution is 0.564. The number of halogens is 1. The summed E-state index contributed by atoms with van der Waals surface area (Å²) in [4.78, 5) is 3.82. The Morgan fingerprint density at radius 1 is 1.33 bits per heavy atom. The van der Waals surface area contributed by atoms with Crippen LogP contribution >= 0.6 is 11.6 Å². The molecule has 1 heterocycles. The fourth-order valence-corrected chi connectivity index (χ4v) is 4.29. The summed E-state index contributed by atoms with van der Waals surface area (Å²) >= 11 is 5.94. The van der Waals surface area contributed by atoms with Crippen molar-refractivity contribution in [3.63, 3.8) is 0 Å². The van der Waals surface area contributed by atoms with Crippen molar-refractivity contribution in [2.45, 2.75) is 24.8 Å². The van der Waals surface area contributed by atoms with Crippen LogP contribution in [0.15, 0.2) is 17.2 Å². The highest BCUT2D eigenvalue weighted by atomic mass is 35.5. The van der Waals surface area contributed by atoms with Crippen molar-refractivity contribution in [2.75, 3.05) is 23.9 Å². The Hall–Kier alpha value is -0.900. The molecule has 0 aromatic carbocycles. The zero-order valence-corrected chi connectivity index (χ0v) is 14.3. The zero-order valence-electron chi connectivity index (χ0n) is 11.9. The maximum absolute atomic E-state index is 12.1. The summed E-state index contributed by atoms with van der Waals surface area (Å²) in [6.07, 6.45) is 2.21. The smallest absolute Gasteiger partial charge is 0.242 e. The van der Waals surface area contributed by atoms with Gasteiger partial charge in [-0.2, -0.15) is 0 Å². The van der Waals surface area contributed by atoms with Gasteiger partial charge in [-0.15, -0.1) is 0 Å². The fraction of sp³-hybridized carbons (Fsp3) is 0.545. The van der Waals surface area contributed by atoms with Crippen LogP contribution in [0.25, 0.3) is 0 Å². The molecule has 1 aromatic heterocycles. The number of anilines is 1. The predicted molar refractivity (Wildman–Crippen MR) is 82.9 cm³/mol. The molecule has 1 atom stereocenters. The van der Waals surface area contributed by atoms with Gasteiger partial charge in [0.1, 0.15) is 20.6 Å². The van der Waals surface area contributed by atoms with Crippen LogP contribution in [0.2, 0.25) is 5.02 Å². The monoisotopic (exact) mass is 355 g/mol. The van der Waals surface area contributed by atoms with Crippen LogP contribution in [0, 0.1) is 0 Å². The van der Waals surface area contributed by atoms with E-state index in [4.69, 9.17) is 11.6 Å². The van der Waals surface area contributed by atoms with Gasteiger partial charge < -0.3 is 5.32 Å². The minimum atomic E-state index is -3.88. The van der Waals surface area contributed by atoms with E-state index >= 15 is 0 Å². The van der Waals surface area contributed by atoms with Gasteiger partial charge in [-0.3, -0.25) is 0 Å². The molecule has 0 saturated carbocycles. The highest BCUT2D eigenvalue weighted by Crippen LogP contribution is 2.22. The lowest BCUT2D eigenvalue weighted by atomic mass is 10.4. The molecule has 7 nitrogen and oxygen atoms in total. The van der Waals surface area contributed by atoms with Crippen LogP contribution in [-0.2, 0) is 19.9 Å². The summed E-state index contributed by atoms with van der Waals surface area (Å²) in [5.74, 6) is 0.102. The molecule has 2 N–H and O–H groups in total. The van der Waals surface area contributed by atoms with Crippen LogP contribution < -0.4 is 10.0 Å². The molecule has 0 aliphatic heterocycles. The zero-order chi connectivity index (χ0) is 16.3. The van der Waals surface area contributed by atoms with Crippen LogP contribution in [0.3, 0.4) is 0 Å². The molecule has 0 aliphatic carbocycles. The first-order valence-electron chi connectivity index (χ1n) is 6.14. The highest BCUT2D eigenvalue weighted by Gasteiger charge is 2.21. The second-order valence-corrected chi connectivity index (χ2v) is 8.95. The van der Waals surface area contributed by atoms with E-state index in [1.54, 1.807) is 0 Å². The third kappa shape index (κ3) is 5.77. The molecular formula is C11H18ClN3O4S2. The lowest BCUT2D eigenvalue weighted by Gasteiger charge is -2.14. The van der Waals surface area contributed by atoms with Gasteiger partial charge in [0.05, 0.1) is 10.8 Å². The van der Waals surface area contributed by atoms with Gasteiger partial charge in [-0.25, -0.2) is 26.5 Å². The van der Waals surface area contributed by atoms with E-state index in [2.05, 4.69) is 15.0 Å². The maximum Gasteiger partial charge on any atom is 0.242 e. The van der Waals surface area contributed by atoms with E-state index < -0.39 is 25.9 Å². The number of hydrogen-bond donors (Lipinski definition) is 2. The molecule has 0 bridgehead atoms. The summed E-state index contributed by atoms with van der Waals surface area (Å²) in [6, 6.07) is 0.513. The van der Waals surface area contributed by atoms with Crippen LogP contribution in [-0.4, -0.2) is 46.4 Å². The van der Waals surface area contributed by atoms with E-state index in [9.17, 15) is 16.8 Å². The third-order valence-corrected chi connectivity index (χ3v) is 5.33. The van der Waals surface area contributed by atoms with Crippen LogP contribution in [0.5, 0.6) is 0 Å². The molecule has 10 heteroatoms. The molecule has 120 valence electrons. The number of pyridine rings is 1. The van der Waals surface area contributed by atoms with E-state index in [0.717, 1.165) is 6.26 Å². The largest absolute Gasteiger partial charge is 0.369 e. The number of sulfonamides is 1. The number of nitrogens with zero attached hydrogens (tertiary/aromatic N) is 1. The van der Waals surface area contributed by atoms with Gasteiger partial charge in [-0.1, -0.05) is 11.6 Å². The Morgan fingerprint density at radius 2 is 1.95 bits per heavy atom. The molecule has 0 fully saturated rings. The number of hydrogen-bond acceptors (Lipinski definition) is 6. The average Bonchev–Trinajstić information content (AvgIpc) is 2.28. The summed E-state index contributed by atoms with van der Waals surface area (Å²) in [5, 5.41) is 3.07. The van der Waals surface area contributed by atoms with Crippen LogP contribution in [0.1, 0.15) is 13.8 Å². The Morgan fingerprint density at radius 3 is 2.43 bits per heavy atom. The number of nitrogens with one attached hydrogen (secondary N) is 2. The summed E-state index contributed by atoms with van der Waals surface area (Å²) in [6.45, 7) is 3.93. The molecule has 1 aromatic rings. The molecule has 0 amide bonds. The number of sulfone groups is 1. The van der Waals surface area contributed by atoms with Gasteiger partial charge in [0, 0.05) is 25.0 Å². The van der Waals surface area contributed by atoms with Crippen molar-refractivity contribution in [1.29, 1.82) is 0 Å². The first kappa shape index (κ1) is 18.1. The van der Waals surface area contributed by atoms with Crippen molar-refractivity contribution in [3.05, 3.63) is 17.3 Å². The van der Waals surface area contributed by atoms with E-state index in [-0.39, 0.29) is 15.7 Å². The standard InChI is InChI=1S/C11H18ClN3O4S2/c1-4-13-11-10(12)5-9(6-14-11)21(18,19)15-8(2)7-20(3,16)17/h5-6,8,15H,4,7H2,1-3H3,(H,13,14). The molecule has 1 rings (SSSR count). The average molecular weight is 356 g/mol. The third-order valence-electron chi connectivity index (χ3n) is 2.38. The van der Waals surface area contributed by atoms with Crippen molar-refractivity contribution in [3.8, 4) is 0 Å². The van der Waals surface area contributed by atoms with E-state index in [0.29, 0.717) is 12.4 Å². The Labute approximate surface area is 130 Å². The summed E-state index contributed by atoms with van der Waals surface area (Å²) in [7, 11) is -7.15. The molecule has 0 aliphatic rings.